The minimum atomic E-state index is 0.224. The Labute approximate surface area is 136 Å². The number of amides is 1. The molecule has 0 radical (unpaired) electrons. The number of ether oxygens (including phenoxy) is 2. The number of benzene rings is 1. The monoisotopic (exact) mass is 319 g/mol. The SMILES string of the molecule is O=C(C[NH+]1CC[NH+](Cc2ccc3c(c2)OCO3)CC1)NC1CC1. The van der Waals surface area contributed by atoms with Gasteiger partial charge in [0, 0.05) is 11.6 Å². The molecule has 2 aliphatic heterocycles. The van der Waals surface area contributed by atoms with Gasteiger partial charge >= 0.3 is 0 Å². The van der Waals surface area contributed by atoms with Gasteiger partial charge in [-0.2, -0.15) is 0 Å². The number of hydrogen-bond donors (Lipinski definition) is 3. The van der Waals surface area contributed by atoms with E-state index in [0.29, 0.717) is 19.4 Å². The van der Waals surface area contributed by atoms with Crippen molar-refractivity contribution in [3.63, 3.8) is 0 Å². The molecule has 3 aliphatic rings. The summed E-state index contributed by atoms with van der Waals surface area (Å²) in [5, 5.41) is 3.08. The summed E-state index contributed by atoms with van der Waals surface area (Å²) in [4.78, 5) is 14.9. The Balaban J connectivity index is 1.24. The van der Waals surface area contributed by atoms with Crippen LogP contribution in [0.15, 0.2) is 18.2 Å². The van der Waals surface area contributed by atoms with Gasteiger partial charge in [-0.3, -0.25) is 4.79 Å². The van der Waals surface area contributed by atoms with Crippen LogP contribution in [0.5, 0.6) is 11.5 Å². The van der Waals surface area contributed by atoms with Crippen molar-refractivity contribution in [1.29, 1.82) is 0 Å². The molecule has 0 atom stereocenters. The molecular weight excluding hydrogens is 294 g/mol. The summed E-state index contributed by atoms with van der Waals surface area (Å²) in [5.41, 5.74) is 1.29. The van der Waals surface area contributed by atoms with E-state index < -0.39 is 0 Å². The Kier molecular flexibility index (Phi) is 4.10. The average Bonchev–Trinajstić information content (AvgIpc) is 3.23. The lowest BCUT2D eigenvalue weighted by Crippen LogP contribution is -3.28. The molecule has 1 amide bonds. The van der Waals surface area contributed by atoms with E-state index in [4.69, 9.17) is 9.47 Å². The minimum Gasteiger partial charge on any atom is -0.454 e. The third kappa shape index (κ3) is 3.76. The lowest BCUT2D eigenvalue weighted by atomic mass is 10.1. The van der Waals surface area contributed by atoms with Crippen LogP contribution in [0.1, 0.15) is 18.4 Å². The second kappa shape index (κ2) is 6.37. The van der Waals surface area contributed by atoms with Crippen LogP contribution in [0, 0.1) is 0 Å². The standard InChI is InChI=1S/C17H23N3O3/c21-17(18-14-2-3-14)11-20-7-5-19(6-8-20)10-13-1-4-15-16(9-13)23-12-22-15/h1,4,9,14H,2-3,5-8,10-12H2,(H,18,21)/p+2. The Morgan fingerprint density at radius 1 is 1.09 bits per heavy atom. The lowest BCUT2D eigenvalue weighted by molar-refractivity contribution is -1.02. The van der Waals surface area contributed by atoms with E-state index in [0.717, 1.165) is 57.1 Å². The summed E-state index contributed by atoms with van der Waals surface area (Å²) in [6.45, 7) is 6.33. The van der Waals surface area contributed by atoms with Crippen molar-refractivity contribution in [2.24, 2.45) is 0 Å². The fourth-order valence-electron chi connectivity index (χ4n) is 3.38. The maximum absolute atomic E-state index is 11.9. The van der Waals surface area contributed by atoms with Crippen LogP contribution in [-0.4, -0.2) is 51.5 Å². The number of rotatable bonds is 5. The predicted octanol–water partition coefficient (Wildman–Crippen LogP) is -2.02. The van der Waals surface area contributed by atoms with Gasteiger partial charge in [0.1, 0.15) is 32.7 Å². The molecule has 1 aliphatic carbocycles. The number of nitrogens with one attached hydrogen (secondary N) is 3. The van der Waals surface area contributed by atoms with Gasteiger partial charge in [0.2, 0.25) is 6.79 Å². The summed E-state index contributed by atoms with van der Waals surface area (Å²) in [6, 6.07) is 6.70. The normalized spacial score (nSPS) is 26.1. The zero-order valence-corrected chi connectivity index (χ0v) is 13.4. The summed E-state index contributed by atoms with van der Waals surface area (Å²) >= 11 is 0. The number of piperazine rings is 1. The van der Waals surface area contributed by atoms with Gasteiger partial charge in [0.25, 0.3) is 5.91 Å². The zero-order valence-electron chi connectivity index (χ0n) is 13.4. The van der Waals surface area contributed by atoms with Gasteiger partial charge in [-0.1, -0.05) is 0 Å². The third-order valence-corrected chi connectivity index (χ3v) is 4.91. The van der Waals surface area contributed by atoms with E-state index in [9.17, 15) is 4.79 Å². The molecule has 6 heteroatoms. The van der Waals surface area contributed by atoms with Crippen molar-refractivity contribution < 1.29 is 24.1 Å². The molecule has 124 valence electrons. The lowest BCUT2D eigenvalue weighted by Gasteiger charge is -2.29. The molecule has 0 bridgehead atoms. The molecule has 1 saturated carbocycles. The summed E-state index contributed by atoms with van der Waals surface area (Å²) in [5.74, 6) is 1.93. The van der Waals surface area contributed by atoms with Crippen molar-refractivity contribution in [3.8, 4) is 11.5 Å². The number of carbonyl (C=O) groups is 1. The average molecular weight is 319 g/mol. The number of hydrogen-bond acceptors (Lipinski definition) is 3. The van der Waals surface area contributed by atoms with Crippen molar-refractivity contribution >= 4 is 5.91 Å². The molecule has 0 spiro atoms. The highest BCUT2D eigenvalue weighted by atomic mass is 16.7. The van der Waals surface area contributed by atoms with Gasteiger partial charge in [0.15, 0.2) is 18.0 Å². The Morgan fingerprint density at radius 3 is 2.61 bits per heavy atom. The molecular formula is C17H25N3O3+2. The van der Waals surface area contributed by atoms with Crippen LogP contribution in [0.25, 0.3) is 0 Å². The highest BCUT2D eigenvalue weighted by Crippen LogP contribution is 2.32. The van der Waals surface area contributed by atoms with E-state index in [1.807, 2.05) is 6.07 Å². The van der Waals surface area contributed by atoms with E-state index in [1.54, 1.807) is 4.90 Å². The number of quaternary nitrogens is 2. The predicted molar refractivity (Wildman–Crippen MR) is 83.7 cm³/mol. The molecule has 6 nitrogen and oxygen atoms in total. The molecule has 1 aromatic carbocycles. The van der Waals surface area contributed by atoms with Crippen molar-refractivity contribution in [2.75, 3.05) is 39.5 Å². The van der Waals surface area contributed by atoms with Gasteiger partial charge in [-0.15, -0.1) is 0 Å². The van der Waals surface area contributed by atoms with Crippen LogP contribution in [0.3, 0.4) is 0 Å². The van der Waals surface area contributed by atoms with Crippen molar-refractivity contribution in [2.45, 2.75) is 25.4 Å². The molecule has 2 heterocycles. The molecule has 1 aromatic rings. The second-order valence-electron chi connectivity index (χ2n) is 6.88. The van der Waals surface area contributed by atoms with Gasteiger partial charge in [0.05, 0.1) is 0 Å². The Hall–Kier alpha value is -1.79. The van der Waals surface area contributed by atoms with Gasteiger partial charge < -0.3 is 24.6 Å². The largest absolute Gasteiger partial charge is 0.454 e. The molecule has 4 rings (SSSR count). The summed E-state index contributed by atoms with van der Waals surface area (Å²) in [7, 11) is 0. The first kappa shape index (κ1) is 14.8. The maximum atomic E-state index is 11.9. The highest BCUT2D eigenvalue weighted by molar-refractivity contribution is 5.77. The molecule has 1 saturated heterocycles. The first-order valence-electron chi connectivity index (χ1n) is 8.61. The number of fused-ring (bicyclic) bond motifs is 1. The van der Waals surface area contributed by atoms with E-state index >= 15 is 0 Å². The molecule has 3 N–H and O–H groups in total. The van der Waals surface area contributed by atoms with Gasteiger partial charge in [-0.25, -0.2) is 0 Å². The zero-order chi connectivity index (χ0) is 15.6. The molecule has 0 aromatic heterocycles. The fourth-order valence-corrected chi connectivity index (χ4v) is 3.38. The van der Waals surface area contributed by atoms with E-state index in [2.05, 4.69) is 17.4 Å². The smallest absolute Gasteiger partial charge is 0.275 e. The maximum Gasteiger partial charge on any atom is 0.275 e. The van der Waals surface area contributed by atoms with Crippen LogP contribution in [-0.2, 0) is 11.3 Å². The summed E-state index contributed by atoms with van der Waals surface area (Å²) < 4.78 is 10.8. The highest BCUT2D eigenvalue weighted by Gasteiger charge is 2.28. The first-order valence-corrected chi connectivity index (χ1v) is 8.61. The fraction of sp³-hybridized carbons (Fsp3) is 0.588. The minimum absolute atomic E-state index is 0.224. The quantitative estimate of drug-likeness (QED) is 0.587. The Morgan fingerprint density at radius 2 is 1.83 bits per heavy atom. The van der Waals surface area contributed by atoms with Crippen LogP contribution >= 0.6 is 0 Å². The first-order chi connectivity index (χ1) is 11.3. The van der Waals surface area contributed by atoms with Crippen LogP contribution in [0.4, 0.5) is 0 Å². The van der Waals surface area contributed by atoms with E-state index in [1.165, 1.54) is 10.5 Å². The topological polar surface area (TPSA) is 56.4 Å². The van der Waals surface area contributed by atoms with Gasteiger partial charge in [-0.05, 0) is 31.0 Å². The van der Waals surface area contributed by atoms with Crippen molar-refractivity contribution in [1.82, 2.24) is 5.32 Å². The molecule has 23 heavy (non-hydrogen) atoms. The molecule has 0 unspecified atom stereocenters. The summed E-state index contributed by atoms with van der Waals surface area (Å²) in [6.07, 6.45) is 2.32. The molecule has 2 fully saturated rings. The Bertz CT molecular complexity index is 580. The van der Waals surface area contributed by atoms with Crippen molar-refractivity contribution in [3.05, 3.63) is 23.8 Å². The van der Waals surface area contributed by atoms with Crippen LogP contribution in [0.2, 0.25) is 0 Å². The van der Waals surface area contributed by atoms with Crippen LogP contribution < -0.4 is 24.6 Å². The third-order valence-electron chi connectivity index (χ3n) is 4.91. The number of carbonyl (C=O) groups excluding carboxylic acids is 1. The van der Waals surface area contributed by atoms with E-state index in [-0.39, 0.29) is 5.91 Å². The second-order valence-corrected chi connectivity index (χ2v) is 6.88.